The highest BCUT2D eigenvalue weighted by Gasteiger charge is 2.29. The largest absolute Gasteiger partial charge is 0.493 e. The molecule has 1 amide bonds. The number of rotatable bonds is 12. The van der Waals surface area contributed by atoms with E-state index in [2.05, 4.69) is 4.98 Å². The highest BCUT2D eigenvalue weighted by Crippen LogP contribution is 2.29. The lowest BCUT2D eigenvalue weighted by Gasteiger charge is -2.31. The Bertz CT molecular complexity index is 1390. The maximum atomic E-state index is 13.3. The van der Waals surface area contributed by atoms with E-state index in [1.807, 2.05) is 54.4 Å². The normalized spacial score (nSPS) is 14.8. The van der Waals surface area contributed by atoms with E-state index in [-0.39, 0.29) is 17.8 Å². The second kappa shape index (κ2) is 15.1. The summed E-state index contributed by atoms with van der Waals surface area (Å²) in [5.74, 6) is 2.12. The van der Waals surface area contributed by atoms with Crippen molar-refractivity contribution in [3.63, 3.8) is 0 Å². The number of likely N-dealkylation sites (N-methyl/N-ethyl adjacent to an activating group) is 1. The molecule has 1 aromatic heterocycles. The van der Waals surface area contributed by atoms with Crippen LogP contribution in [0.2, 0.25) is 5.15 Å². The first-order valence-corrected chi connectivity index (χ1v) is 15.3. The van der Waals surface area contributed by atoms with Gasteiger partial charge < -0.3 is 24.0 Å². The number of anilines is 1. The number of ether oxygens (including phenoxy) is 3. The van der Waals surface area contributed by atoms with E-state index in [4.69, 9.17) is 30.8 Å². The van der Waals surface area contributed by atoms with Gasteiger partial charge in [0, 0.05) is 44.1 Å². The van der Waals surface area contributed by atoms with E-state index in [1.54, 1.807) is 32.1 Å². The number of hydrogen-bond donors (Lipinski definition) is 0. The van der Waals surface area contributed by atoms with Crippen molar-refractivity contribution in [2.24, 2.45) is 5.92 Å². The number of carbonyl (C=O) groups excluding carboxylic acids is 2. The number of likely N-dealkylation sites (tertiary alicyclic amines) is 1. The van der Waals surface area contributed by atoms with Crippen LogP contribution in [-0.2, 0) is 21.7 Å². The fraction of sp³-hybridized carbons (Fsp3) is 0.419. The highest BCUT2D eigenvalue weighted by atomic mass is 35.5. The topological polar surface area (TPSA) is 94.1 Å². The Hall–Kier alpha value is -3.50. The number of methoxy groups -OCH3 is 2. The molecule has 1 saturated heterocycles. The fourth-order valence-electron chi connectivity index (χ4n) is 4.83. The van der Waals surface area contributed by atoms with Gasteiger partial charge in [-0.25, -0.2) is 9.97 Å². The standard InChI is InChI=1S/C31H37ClN4O5S/c1-5-41-30(38)24-10-7-14-36(19-24)29(37)23-9-6-8-22(16-23)20-42-31-33-27(32)18-28(34-31)35(2)15-13-21-11-12-25(39-3)26(17-21)40-4/h6,8-9,11-12,16-18,24H,5,7,10,13-15,19-20H2,1-4H3. The van der Waals surface area contributed by atoms with Crippen LogP contribution in [0.5, 0.6) is 11.5 Å². The van der Waals surface area contributed by atoms with Crippen molar-refractivity contribution in [1.82, 2.24) is 14.9 Å². The third kappa shape index (κ3) is 8.29. The molecule has 9 nitrogen and oxygen atoms in total. The summed E-state index contributed by atoms with van der Waals surface area (Å²) in [5.41, 5.74) is 2.68. The molecule has 0 aliphatic carbocycles. The van der Waals surface area contributed by atoms with Gasteiger partial charge in [0.25, 0.3) is 5.91 Å². The predicted octanol–water partition coefficient (Wildman–Crippen LogP) is 5.53. The molecule has 1 aliphatic rings. The first-order valence-electron chi connectivity index (χ1n) is 14.0. The molecule has 1 atom stereocenters. The number of piperidine rings is 1. The Kier molecular flexibility index (Phi) is 11.3. The third-order valence-electron chi connectivity index (χ3n) is 7.11. The fourth-order valence-corrected chi connectivity index (χ4v) is 5.86. The monoisotopic (exact) mass is 612 g/mol. The van der Waals surface area contributed by atoms with Crippen LogP contribution in [0.15, 0.2) is 53.7 Å². The second-order valence-electron chi connectivity index (χ2n) is 10.0. The van der Waals surface area contributed by atoms with E-state index in [0.717, 1.165) is 36.2 Å². The maximum absolute atomic E-state index is 13.3. The molecule has 0 spiro atoms. The number of hydrogen-bond acceptors (Lipinski definition) is 9. The summed E-state index contributed by atoms with van der Waals surface area (Å²) in [6.07, 6.45) is 2.30. The molecule has 11 heteroatoms. The maximum Gasteiger partial charge on any atom is 0.310 e. The third-order valence-corrected chi connectivity index (χ3v) is 8.22. The number of benzene rings is 2. The zero-order chi connectivity index (χ0) is 30.1. The van der Waals surface area contributed by atoms with Crippen LogP contribution >= 0.6 is 23.4 Å². The molecule has 0 radical (unpaired) electrons. The van der Waals surface area contributed by atoms with Crippen molar-refractivity contribution in [2.75, 3.05) is 52.4 Å². The molecule has 3 aromatic rings. The van der Waals surface area contributed by atoms with E-state index >= 15 is 0 Å². The quantitative estimate of drug-likeness (QED) is 0.113. The first kappa shape index (κ1) is 31.4. The van der Waals surface area contributed by atoms with Crippen LogP contribution in [0, 0.1) is 5.92 Å². The Morgan fingerprint density at radius 3 is 2.64 bits per heavy atom. The zero-order valence-corrected chi connectivity index (χ0v) is 26.0. The van der Waals surface area contributed by atoms with Crippen LogP contribution < -0.4 is 14.4 Å². The van der Waals surface area contributed by atoms with E-state index in [0.29, 0.717) is 59.4 Å². The van der Waals surface area contributed by atoms with Gasteiger partial charge in [-0.3, -0.25) is 9.59 Å². The number of halogens is 1. The molecule has 0 bridgehead atoms. The number of nitrogens with zero attached hydrogens (tertiary/aromatic N) is 4. The van der Waals surface area contributed by atoms with Crippen molar-refractivity contribution in [3.8, 4) is 11.5 Å². The van der Waals surface area contributed by atoms with Crippen molar-refractivity contribution in [3.05, 3.63) is 70.4 Å². The van der Waals surface area contributed by atoms with Crippen LogP contribution in [-0.4, -0.2) is 74.3 Å². The molecule has 1 aliphatic heterocycles. The predicted molar refractivity (Wildman–Crippen MR) is 165 cm³/mol. The van der Waals surface area contributed by atoms with Crippen LogP contribution in [0.3, 0.4) is 0 Å². The number of aromatic nitrogens is 2. The molecular formula is C31H37ClN4O5S. The minimum absolute atomic E-state index is 0.0757. The SMILES string of the molecule is CCOC(=O)C1CCCN(C(=O)c2cccc(CSc3nc(Cl)cc(N(C)CCc4ccc(OC)c(OC)c4)n3)c2)C1. The van der Waals surface area contributed by atoms with Crippen molar-refractivity contribution < 1.29 is 23.8 Å². The van der Waals surface area contributed by atoms with Gasteiger partial charge in [-0.2, -0.15) is 0 Å². The van der Waals surface area contributed by atoms with Gasteiger partial charge in [0.2, 0.25) is 0 Å². The molecule has 0 saturated carbocycles. The molecule has 1 unspecified atom stereocenters. The summed E-state index contributed by atoms with van der Waals surface area (Å²) in [6.45, 7) is 3.87. The van der Waals surface area contributed by atoms with Gasteiger partial charge in [-0.1, -0.05) is 41.6 Å². The summed E-state index contributed by atoms with van der Waals surface area (Å²) in [6, 6.07) is 15.2. The Morgan fingerprint density at radius 2 is 1.88 bits per heavy atom. The lowest BCUT2D eigenvalue weighted by molar-refractivity contribution is -0.149. The number of amides is 1. The molecule has 4 rings (SSSR count). The molecule has 2 heterocycles. The summed E-state index contributed by atoms with van der Waals surface area (Å²) in [5, 5.41) is 0.922. The molecule has 0 N–H and O–H groups in total. The van der Waals surface area contributed by atoms with Crippen molar-refractivity contribution in [2.45, 2.75) is 37.1 Å². The van der Waals surface area contributed by atoms with Crippen molar-refractivity contribution >= 4 is 41.1 Å². The van der Waals surface area contributed by atoms with Gasteiger partial charge >= 0.3 is 5.97 Å². The van der Waals surface area contributed by atoms with E-state index < -0.39 is 0 Å². The van der Waals surface area contributed by atoms with Crippen LogP contribution in [0.4, 0.5) is 5.82 Å². The smallest absolute Gasteiger partial charge is 0.310 e. The highest BCUT2D eigenvalue weighted by molar-refractivity contribution is 7.98. The summed E-state index contributed by atoms with van der Waals surface area (Å²) >= 11 is 7.83. The summed E-state index contributed by atoms with van der Waals surface area (Å²) in [4.78, 5) is 38.4. The van der Waals surface area contributed by atoms with E-state index in [9.17, 15) is 9.59 Å². The lowest BCUT2D eigenvalue weighted by atomic mass is 9.97. The molecule has 224 valence electrons. The molecule has 42 heavy (non-hydrogen) atoms. The van der Waals surface area contributed by atoms with Crippen molar-refractivity contribution in [1.29, 1.82) is 0 Å². The van der Waals surface area contributed by atoms with Gasteiger partial charge in [0.1, 0.15) is 11.0 Å². The first-order chi connectivity index (χ1) is 20.3. The molecule has 2 aromatic carbocycles. The number of esters is 1. The molecular weight excluding hydrogens is 576 g/mol. The van der Waals surface area contributed by atoms with Gasteiger partial charge in [-0.15, -0.1) is 0 Å². The average Bonchev–Trinajstić information content (AvgIpc) is 3.02. The zero-order valence-electron chi connectivity index (χ0n) is 24.5. The second-order valence-corrected chi connectivity index (χ2v) is 11.4. The minimum atomic E-state index is -0.271. The number of thioether (sulfide) groups is 1. The van der Waals surface area contributed by atoms with Crippen LogP contribution in [0.25, 0.3) is 0 Å². The Morgan fingerprint density at radius 1 is 1.07 bits per heavy atom. The summed E-state index contributed by atoms with van der Waals surface area (Å²) in [7, 11) is 5.21. The van der Waals surface area contributed by atoms with Gasteiger partial charge in [0.15, 0.2) is 16.7 Å². The van der Waals surface area contributed by atoms with Gasteiger partial charge in [-0.05, 0) is 61.6 Å². The van der Waals surface area contributed by atoms with E-state index in [1.165, 1.54) is 11.8 Å². The number of carbonyl (C=O) groups is 2. The Balaban J connectivity index is 1.36. The Labute approximate surface area is 256 Å². The average molecular weight is 613 g/mol. The molecule has 1 fully saturated rings. The lowest BCUT2D eigenvalue weighted by Crippen LogP contribution is -2.42. The summed E-state index contributed by atoms with van der Waals surface area (Å²) < 4.78 is 15.9. The van der Waals surface area contributed by atoms with Gasteiger partial charge in [0.05, 0.1) is 26.7 Å². The minimum Gasteiger partial charge on any atom is -0.493 e. The van der Waals surface area contributed by atoms with Crippen LogP contribution in [0.1, 0.15) is 41.3 Å².